The highest BCUT2D eigenvalue weighted by Gasteiger charge is 2.32. The molecule has 5 rings (SSSR count). The summed E-state index contributed by atoms with van der Waals surface area (Å²) in [6.45, 7) is 9.23. The number of anilines is 1. The molecule has 0 radical (unpaired) electrons. The van der Waals surface area contributed by atoms with Gasteiger partial charge in [-0.3, -0.25) is 4.98 Å². The van der Waals surface area contributed by atoms with Crippen molar-refractivity contribution in [2.45, 2.75) is 64.6 Å². The molecule has 0 unspecified atom stereocenters. The van der Waals surface area contributed by atoms with E-state index in [0.29, 0.717) is 6.04 Å². The predicted octanol–water partition coefficient (Wildman–Crippen LogP) is 7.06. The summed E-state index contributed by atoms with van der Waals surface area (Å²) in [6, 6.07) is 21.3. The van der Waals surface area contributed by atoms with Crippen molar-refractivity contribution >= 4 is 5.69 Å². The summed E-state index contributed by atoms with van der Waals surface area (Å²) in [5.74, 6) is 2.84. The van der Waals surface area contributed by atoms with E-state index in [4.69, 9.17) is 14.2 Å². The van der Waals surface area contributed by atoms with Crippen molar-refractivity contribution in [3.05, 3.63) is 83.9 Å². The van der Waals surface area contributed by atoms with Crippen LogP contribution in [-0.4, -0.2) is 48.8 Å². The van der Waals surface area contributed by atoms with Crippen LogP contribution in [0.4, 0.5) is 5.69 Å². The van der Waals surface area contributed by atoms with Crippen LogP contribution >= 0.6 is 0 Å². The summed E-state index contributed by atoms with van der Waals surface area (Å²) in [7, 11) is 3.41. The second-order valence-corrected chi connectivity index (χ2v) is 11.4. The highest BCUT2D eigenvalue weighted by Crippen LogP contribution is 2.37. The number of hydrogen-bond donors (Lipinski definition) is 0. The van der Waals surface area contributed by atoms with E-state index in [1.807, 2.05) is 24.4 Å². The van der Waals surface area contributed by atoms with Crippen LogP contribution in [0.3, 0.4) is 0 Å². The summed E-state index contributed by atoms with van der Waals surface area (Å²) < 4.78 is 17.3. The summed E-state index contributed by atoms with van der Waals surface area (Å²) in [4.78, 5) is 9.69. The molecule has 2 heterocycles. The van der Waals surface area contributed by atoms with Crippen LogP contribution in [-0.2, 0) is 11.3 Å². The van der Waals surface area contributed by atoms with Gasteiger partial charge in [0.15, 0.2) is 5.88 Å². The molecule has 0 N–H and O–H groups in total. The molecule has 1 saturated carbocycles. The van der Waals surface area contributed by atoms with Gasteiger partial charge in [-0.25, -0.2) is 0 Å². The molecule has 6 heteroatoms. The summed E-state index contributed by atoms with van der Waals surface area (Å²) in [6.07, 6.45) is 6.40. The van der Waals surface area contributed by atoms with Crippen molar-refractivity contribution in [3.8, 4) is 22.8 Å². The number of rotatable bonds is 9. The molecule has 0 atom stereocenters. The Hall–Kier alpha value is -3.67. The molecule has 1 aromatic heterocycles. The van der Waals surface area contributed by atoms with Crippen LogP contribution in [0.15, 0.2) is 78.3 Å². The Labute approximate surface area is 233 Å². The third kappa shape index (κ3) is 6.86. The van der Waals surface area contributed by atoms with E-state index in [0.717, 1.165) is 61.1 Å². The second kappa shape index (κ2) is 11.6. The third-order valence-corrected chi connectivity index (χ3v) is 7.34. The first kappa shape index (κ1) is 26.9. The Kier molecular flexibility index (Phi) is 8.01. The van der Waals surface area contributed by atoms with Crippen molar-refractivity contribution < 1.29 is 14.2 Å². The lowest BCUT2D eigenvalue weighted by molar-refractivity contribution is -0.00541. The van der Waals surface area contributed by atoms with Crippen molar-refractivity contribution in [2.24, 2.45) is 0 Å². The van der Waals surface area contributed by atoms with E-state index in [-0.39, 0.29) is 5.60 Å². The number of methoxy groups -OCH3 is 2. The van der Waals surface area contributed by atoms with E-state index < -0.39 is 0 Å². The van der Waals surface area contributed by atoms with Gasteiger partial charge in [-0.1, -0.05) is 12.1 Å². The van der Waals surface area contributed by atoms with Gasteiger partial charge in [0.25, 0.3) is 0 Å². The van der Waals surface area contributed by atoms with Crippen molar-refractivity contribution in [3.63, 3.8) is 0 Å². The van der Waals surface area contributed by atoms with E-state index in [9.17, 15) is 0 Å². The number of piperidine rings is 1. The van der Waals surface area contributed by atoms with E-state index >= 15 is 0 Å². The molecule has 206 valence electrons. The number of allylic oxidation sites excluding steroid dienone is 1. The van der Waals surface area contributed by atoms with Crippen LogP contribution < -0.4 is 14.4 Å². The first-order chi connectivity index (χ1) is 18.8. The minimum Gasteiger partial charge on any atom is -0.497 e. The number of aromatic nitrogens is 1. The van der Waals surface area contributed by atoms with Crippen molar-refractivity contribution in [2.75, 3.05) is 32.2 Å². The van der Waals surface area contributed by atoms with Crippen LogP contribution in [0, 0.1) is 0 Å². The van der Waals surface area contributed by atoms with Crippen LogP contribution in [0.5, 0.6) is 11.5 Å². The lowest BCUT2D eigenvalue weighted by atomic mass is 10.0. The quantitative estimate of drug-likeness (QED) is 0.278. The summed E-state index contributed by atoms with van der Waals surface area (Å²) in [5, 5.41) is 0. The zero-order valence-corrected chi connectivity index (χ0v) is 23.9. The SMILES string of the molecule is COc1ccc(N(Cc2ccnc(-c3cccc(OC)c3)c2)C2CCN(C(OC(C)(C)C)=C3CC3)CC2)cc1. The summed E-state index contributed by atoms with van der Waals surface area (Å²) >= 11 is 0. The topological polar surface area (TPSA) is 47.1 Å². The van der Waals surface area contributed by atoms with Gasteiger partial charge in [0.05, 0.1) is 19.9 Å². The molecule has 0 spiro atoms. The van der Waals surface area contributed by atoms with Gasteiger partial charge in [0.2, 0.25) is 0 Å². The van der Waals surface area contributed by atoms with Gasteiger partial charge in [-0.2, -0.15) is 0 Å². The van der Waals surface area contributed by atoms with Gasteiger partial charge in [-0.15, -0.1) is 0 Å². The minimum absolute atomic E-state index is 0.182. The molecule has 0 bridgehead atoms. The van der Waals surface area contributed by atoms with Gasteiger partial charge in [0, 0.05) is 43.1 Å². The molecule has 6 nitrogen and oxygen atoms in total. The first-order valence-corrected chi connectivity index (χ1v) is 14.0. The fourth-order valence-corrected chi connectivity index (χ4v) is 5.22. The molecule has 1 aliphatic heterocycles. The molecule has 39 heavy (non-hydrogen) atoms. The molecule has 1 saturated heterocycles. The van der Waals surface area contributed by atoms with Gasteiger partial charge in [0.1, 0.15) is 17.1 Å². The van der Waals surface area contributed by atoms with Crippen LogP contribution in [0.25, 0.3) is 11.3 Å². The molecule has 2 aliphatic rings. The minimum atomic E-state index is -0.182. The van der Waals surface area contributed by atoms with Crippen LogP contribution in [0.2, 0.25) is 0 Å². The van der Waals surface area contributed by atoms with Crippen molar-refractivity contribution in [1.82, 2.24) is 9.88 Å². The third-order valence-electron chi connectivity index (χ3n) is 7.34. The molecule has 2 aromatic carbocycles. The number of hydrogen-bond acceptors (Lipinski definition) is 6. The molecule has 2 fully saturated rings. The molecule has 3 aromatic rings. The number of nitrogens with zero attached hydrogens (tertiary/aromatic N) is 3. The van der Waals surface area contributed by atoms with Crippen LogP contribution in [0.1, 0.15) is 52.0 Å². The van der Waals surface area contributed by atoms with E-state index in [2.05, 4.69) is 78.0 Å². The highest BCUT2D eigenvalue weighted by molar-refractivity contribution is 5.62. The fourth-order valence-electron chi connectivity index (χ4n) is 5.22. The molecular formula is C33H41N3O3. The Morgan fingerprint density at radius 2 is 1.64 bits per heavy atom. The second-order valence-electron chi connectivity index (χ2n) is 11.4. The smallest absolute Gasteiger partial charge is 0.188 e. The predicted molar refractivity (Wildman–Crippen MR) is 157 cm³/mol. The maximum atomic E-state index is 6.44. The highest BCUT2D eigenvalue weighted by atomic mass is 16.5. The molecule has 0 amide bonds. The van der Waals surface area contributed by atoms with Gasteiger partial charge < -0.3 is 24.0 Å². The van der Waals surface area contributed by atoms with E-state index in [1.54, 1.807) is 14.2 Å². The number of benzene rings is 2. The monoisotopic (exact) mass is 527 g/mol. The van der Waals surface area contributed by atoms with E-state index in [1.165, 1.54) is 29.7 Å². The van der Waals surface area contributed by atoms with Gasteiger partial charge >= 0.3 is 0 Å². The maximum Gasteiger partial charge on any atom is 0.188 e. The Morgan fingerprint density at radius 3 is 2.28 bits per heavy atom. The zero-order chi connectivity index (χ0) is 27.4. The first-order valence-electron chi connectivity index (χ1n) is 14.0. The normalized spacial score (nSPS) is 15.6. The zero-order valence-electron chi connectivity index (χ0n) is 23.9. The standard InChI is InChI=1S/C33H41N3O3/c1-33(2,3)39-32(25-9-10-25)35-19-16-28(17-20-35)36(27-11-13-29(37-4)14-12-27)23-24-15-18-34-31(21-24)26-7-6-8-30(22-26)38-5/h6-8,11-15,18,21-22,28H,9-10,16-17,19-20,23H2,1-5H3. The maximum absolute atomic E-state index is 6.44. The van der Waals surface area contributed by atoms with Gasteiger partial charge in [-0.05, 0) is 106 Å². The average molecular weight is 528 g/mol. The number of likely N-dealkylation sites (tertiary alicyclic amines) is 1. The number of ether oxygens (including phenoxy) is 3. The average Bonchev–Trinajstić information content (AvgIpc) is 3.80. The molecular weight excluding hydrogens is 486 g/mol. The fraction of sp³-hybridized carbons (Fsp3) is 0.424. The summed E-state index contributed by atoms with van der Waals surface area (Å²) in [5.41, 5.74) is 5.74. The lowest BCUT2D eigenvalue weighted by Gasteiger charge is -2.42. The Morgan fingerprint density at radius 1 is 0.923 bits per heavy atom. The molecule has 1 aliphatic carbocycles. The Bertz CT molecular complexity index is 1280. The number of pyridine rings is 1. The Balaban J connectivity index is 1.37. The largest absolute Gasteiger partial charge is 0.497 e. The van der Waals surface area contributed by atoms with Crippen molar-refractivity contribution in [1.29, 1.82) is 0 Å². The lowest BCUT2D eigenvalue weighted by Crippen LogP contribution is -2.45.